The number of pyridine rings is 1. The zero-order valence-corrected chi connectivity index (χ0v) is 12.0. The second-order valence-electron chi connectivity index (χ2n) is 5.08. The third-order valence-electron chi connectivity index (χ3n) is 3.70. The summed E-state index contributed by atoms with van der Waals surface area (Å²) in [5.41, 5.74) is -0.619. The third-order valence-corrected chi connectivity index (χ3v) is 3.98. The molecule has 1 saturated carbocycles. The molecule has 0 bridgehead atoms. The van der Waals surface area contributed by atoms with Crippen LogP contribution in [-0.2, 0) is 0 Å². The van der Waals surface area contributed by atoms with Gasteiger partial charge in [-0.3, -0.25) is 14.9 Å². The normalized spacial score (nSPS) is 21.8. The molecule has 7 nitrogen and oxygen atoms in total. The summed E-state index contributed by atoms with van der Waals surface area (Å²) >= 11 is 5.67. The summed E-state index contributed by atoms with van der Waals surface area (Å²) in [5.74, 6) is -0.595. The Balaban J connectivity index is 2.07. The van der Waals surface area contributed by atoms with Crippen molar-refractivity contribution in [1.82, 2.24) is 10.3 Å². The van der Waals surface area contributed by atoms with Gasteiger partial charge in [-0.05, 0) is 18.9 Å². The second-order valence-corrected chi connectivity index (χ2v) is 5.43. The van der Waals surface area contributed by atoms with Gasteiger partial charge < -0.3 is 10.4 Å². The molecule has 2 atom stereocenters. The zero-order valence-electron chi connectivity index (χ0n) is 11.3. The van der Waals surface area contributed by atoms with Gasteiger partial charge in [0.1, 0.15) is 5.56 Å². The lowest BCUT2D eigenvalue weighted by Crippen LogP contribution is -2.36. The predicted molar refractivity (Wildman–Crippen MR) is 76.2 cm³/mol. The number of nitro groups is 1. The maximum atomic E-state index is 12.1. The van der Waals surface area contributed by atoms with Crippen molar-refractivity contribution in [2.75, 3.05) is 6.54 Å². The van der Waals surface area contributed by atoms with Crippen molar-refractivity contribution in [3.05, 3.63) is 33.1 Å². The van der Waals surface area contributed by atoms with Gasteiger partial charge in [-0.2, -0.15) is 0 Å². The molecule has 0 spiro atoms. The first kappa shape index (κ1) is 15.7. The molecular formula is C13H16ClN3O4. The number of aliphatic hydroxyl groups excluding tert-OH is 1. The molecule has 1 amide bonds. The number of halogens is 1. The van der Waals surface area contributed by atoms with E-state index < -0.39 is 22.6 Å². The molecule has 1 aliphatic rings. The third kappa shape index (κ3) is 3.68. The largest absolute Gasteiger partial charge is 0.393 e. The number of carbonyl (C=O) groups excluding carboxylic acids is 1. The van der Waals surface area contributed by atoms with E-state index in [2.05, 4.69) is 10.3 Å². The average molecular weight is 314 g/mol. The minimum atomic E-state index is -0.723. The molecule has 114 valence electrons. The van der Waals surface area contributed by atoms with Gasteiger partial charge in [0.15, 0.2) is 0 Å². The molecule has 0 aliphatic heterocycles. The maximum absolute atomic E-state index is 12.1. The highest BCUT2D eigenvalue weighted by Crippen LogP contribution is 2.27. The smallest absolute Gasteiger partial charge is 0.319 e. The van der Waals surface area contributed by atoms with Gasteiger partial charge in [-0.25, -0.2) is 4.98 Å². The van der Waals surface area contributed by atoms with Gasteiger partial charge in [0, 0.05) is 18.7 Å². The highest BCUT2D eigenvalue weighted by molar-refractivity contribution is 6.32. The topological polar surface area (TPSA) is 105 Å². The number of aliphatic hydroxyl groups is 1. The van der Waals surface area contributed by atoms with Crippen LogP contribution >= 0.6 is 11.6 Å². The van der Waals surface area contributed by atoms with Gasteiger partial charge in [0.2, 0.25) is 5.15 Å². The molecule has 21 heavy (non-hydrogen) atoms. The molecule has 0 radical (unpaired) electrons. The number of carbonyl (C=O) groups is 1. The fourth-order valence-electron chi connectivity index (χ4n) is 2.53. The fraction of sp³-hybridized carbons (Fsp3) is 0.538. The van der Waals surface area contributed by atoms with Crippen molar-refractivity contribution in [2.45, 2.75) is 31.8 Å². The quantitative estimate of drug-likeness (QED) is 0.502. The van der Waals surface area contributed by atoms with Crippen LogP contribution in [0.3, 0.4) is 0 Å². The average Bonchev–Trinajstić information content (AvgIpc) is 2.45. The molecule has 1 heterocycles. The highest BCUT2D eigenvalue weighted by atomic mass is 35.5. The monoisotopic (exact) mass is 313 g/mol. The number of nitrogens with one attached hydrogen (secondary N) is 1. The molecule has 0 saturated heterocycles. The minimum absolute atomic E-state index is 0.0148. The Morgan fingerprint density at radius 3 is 2.90 bits per heavy atom. The van der Waals surface area contributed by atoms with E-state index in [9.17, 15) is 20.0 Å². The van der Waals surface area contributed by atoms with E-state index in [1.807, 2.05) is 0 Å². The van der Waals surface area contributed by atoms with E-state index in [1.54, 1.807) is 0 Å². The standard InChI is InChI=1S/C13H16ClN3O4/c14-12-11(17(20)21)9(5-6-15-12)13(19)16-7-8-3-1-2-4-10(8)18/h5-6,8,10,18H,1-4,7H2,(H,16,19). The van der Waals surface area contributed by atoms with E-state index in [1.165, 1.54) is 12.3 Å². The Morgan fingerprint density at radius 2 is 2.24 bits per heavy atom. The van der Waals surface area contributed by atoms with Crippen molar-refractivity contribution < 1.29 is 14.8 Å². The van der Waals surface area contributed by atoms with E-state index in [0.717, 1.165) is 25.7 Å². The highest BCUT2D eigenvalue weighted by Gasteiger charge is 2.27. The fourth-order valence-corrected chi connectivity index (χ4v) is 2.76. The molecule has 2 unspecified atom stereocenters. The predicted octanol–water partition coefficient (Wildman–Crippen LogP) is 1.92. The summed E-state index contributed by atoms with van der Waals surface area (Å²) in [4.78, 5) is 25.9. The van der Waals surface area contributed by atoms with Crippen molar-refractivity contribution in [2.24, 2.45) is 5.92 Å². The summed E-state index contributed by atoms with van der Waals surface area (Å²) in [6.07, 6.45) is 4.37. The molecule has 0 aromatic carbocycles. The Bertz CT molecular complexity index is 552. The zero-order chi connectivity index (χ0) is 15.4. The van der Waals surface area contributed by atoms with Crippen LogP contribution in [0.2, 0.25) is 5.15 Å². The van der Waals surface area contributed by atoms with E-state index in [4.69, 9.17) is 11.6 Å². The van der Waals surface area contributed by atoms with E-state index in [0.29, 0.717) is 0 Å². The van der Waals surface area contributed by atoms with Crippen LogP contribution < -0.4 is 5.32 Å². The lowest BCUT2D eigenvalue weighted by Gasteiger charge is -2.27. The van der Waals surface area contributed by atoms with Gasteiger partial charge in [0.05, 0.1) is 11.0 Å². The minimum Gasteiger partial charge on any atom is -0.393 e. The number of hydrogen-bond donors (Lipinski definition) is 2. The molecule has 1 fully saturated rings. The number of amides is 1. The van der Waals surface area contributed by atoms with Crippen LogP contribution in [0.4, 0.5) is 5.69 Å². The lowest BCUT2D eigenvalue weighted by molar-refractivity contribution is -0.385. The van der Waals surface area contributed by atoms with Crippen LogP contribution in [0.5, 0.6) is 0 Å². The molecule has 1 aromatic heterocycles. The number of rotatable bonds is 4. The maximum Gasteiger partial charge on any atom is 0.319 e. The van der Waals surface area contributed by atoms with Crippen molar-refractivity contribution in [3.63, 3.8) is 0 Å². The van der Waals surface area contributed by atoms with Crippen molar-refractivity contribution in [1.29, 1.82) is 0 Å². The summed E-state index contributed by atoms with van der Waals surface area (Å²) in [5, 5.41) is 23.1. The second kappa shape index (κ2) is 6.82. The number of hydrogen-bond acceptors (Lipinski definition) is 5. The molecule has 2 rings (SSSR count). The van der Waals surface area contributed by atoms with Gasteiger partial charge in [-0.1, -0.05) is 24.4 Å². The molecule has 8 heteroatoms. The Labute approximate surface area is 126 Å². The Hall–Kier alpha value is -1.73. The first-order valence-corrected chi connectivity index (χ1v) is 7.13. The summed E-state index contributed by atoms with van der Waals surface area (Å²) in [6.45, 7) is 0.289. The Morgan fingerprint density at radius 1 is 1.52 bits per heavy atom. The first-order valence-electron chi connectivity index (χ1n) is 6.76. The lowest BCUT2D eigenvalue weighted by atomic mass is 9.86. The van der Waals surface area contributed by atoms with Crippen LogP contribution in [0.15, 0.2) is 12.3 Å². The van der Waals surface area contributed by atoms with Crippen molar-refractivity contribution in [3.8, 4) is 0 Å². The molecule has 1 aromatic rings. The van der Waals surface area contributed by atoms with Crippen LogP contribution in [0.25, 0.3) is 0 Å². The molecule has 2 N–H and O–H groups in total. The molecule has 1 aliphatic carbocycles. The van der Waals surface area contributed by atoms with Crippen LogP contribution in [0, 0.1) is 16.0 Å². The van der Waals surface area contributed by atoms with E-state index >= 15 is 0 Å². The van der Waals surface area contributed by atoms with Crippen molar-refractivity contribution >= 4 is 23.2 Å². The van der Waals surface area contributed by atoms with Gasteiger partial charge in [-0.15, -0.1) is 0 Å². The number of nitrogens with zero attached hydrogens (tertiary/aromatic N) is 2. The summed E-state index contributed by atoms with van der Waals surface area (Å²) < 4.78 is 0. The molecular weight excluding hydrogens is 298 g/mol. The Kier molecular flexibility index (Phi) is 5.08. The van der Waals surface area contributed by atoms with E-state index in [-0.39, 0.29) is 23.2 Å². The summed E-state index contributed by atoms with van der Waals surface area (Å²) in [7, 11) is 0. The SMILES string of the molecule is O=C(NCC1CCCCC1O)c1ccnc(Cl)c1[N+](=O)[O-]. The van der Waals surface area contributed by atoms with Crippen LogP contribution in [-0.4, -0.2) is 33.6 Å². The van der Waals surface area contributed by atoms with Gasteiger partial charge >= 0.3 is 5.69 Å². The summed E-state index contributed by atoms with van der Waals surface area (Å²) in [6, 6.07) is 1.26. The van der Waals surface area contributed by atoms with Crippen LogP contribution in [0.1, 0.15) is 36.0 Å². The first-order chi connectivity index (χ1) is 10.0. The van der Waals surface area contributed by atoms with Gasteiger partial charge in [0.25, 0.3) is 5.91 Å². The number of aromatic nitrogens is 1.